The van der Waals surface area contributed by atoms with Gasteiger partial charge in [0, 0.05) is 16.7 Å². The lowest BCUT2D eigenvalue weighted by atomic mass is 9.86. The number of ketones is 1. The Kier molecular flexibility index (Phi) is 3.26. The number of carbonyl (C=O) groups excluding carboxylic acids is 1. The summed E-state index contributed by atoms with van der Waals surface area (Å²) >= 11 is 5.71. The highest BCUT2D eigenvalue weighted by Crippen LogP contribution is 2.27. The summed E-state index contributed by atoms with van der Waals surface area (Å²) in [6, 6.07) is 6.11. The van der Waals surface area contributed by atoms with Crippen LogP contribution < -0.4 is 0 Å². The second kappa shape index (κ2) is 4.57. The Balaban J connectivity index is 2.30. The summed E-state index contributed by atoms with van der Waals surface area (Å²) in [6.07, 6.45) is 3.33. The number of hydrogen-bond donors (Lipinski definition) is 3. The average Bonchev–Trinajstić information content (AvgIpc) is 2.28. The Morgan fingerprint density at radius 2 is 1.83 bits per heavy atom. The molecule has 0 saturated carbocycles. The topological polar surface area (TPSA) is 77.8 Å². The maximum Gasteiger partial charge on any atom is 0.200 e. The number of rotatable bonds is 2. The van der Waals surface area contributed by atoms with Gasteiger partial charge in [-0.3, -0.25) is 4.79 Å². The number of benzene rings is 1. The molecule has 0 aliphatic heterocycles. The summed E-state index contributed by atoms with van der Waals surface area (Å²) in [6.45, 7) is 0. The Bertz CT molecular complexity index is 528. The highest BCUT2D eigenvalue weighted by molar-refractivity contribution is 6.30. The summed E-state index contributed by atoms with van der Waals surface area (Å²) in [7, 11) is 0. The summed E-state index contributed by atoms with van der Waals surface area (Å²) < 4.78 is 0. The van der Waals surface area contributed by atoms with E-state index < -0.39 is 17.5 Å². The normalized spacial score (nSPS) is 21.5. The van der Waals surface area contributed by atoms with Gasteiger partial charge in [-0.25, -0.2) is 0 Å². The van der Waals surface area contributed by atoms with E-state index in [4.69, 9.17) is 11.6 Å². The van der Waals surface area contributed by atoms with E-state index >= 15 is 0 Å². The molecule has 0 fully saturated rings. The highest BCUT2D eigenvalue weighted by Gasteiger charge is 2.39. The van der Waals surface area contributed by atoms with Gasteiger partial charge in [0.15, 0.2) is 5.78 Å². The Morgan fingerprint density at radius 3 is 2.39 bits per heavy atom. The first kappa shape index (κ1) is 12.8. The first-order valence-electron chi connectivity index (χ1n) is 5.25. The molecule has 1 aromatic rings. The molecular weight excluding hydrogens is 256 g/mol. The van der Waals surface area contributed by atoms with E-state index in [-0.39, 0.29) is 5.76 Å². The van der Waals surface area contributed by atoms with Crippen molar-refractivity contribution in [3.05, 3.63) is 58.8 Å². The lowest BCUT2D eigenvalue weighted by Crippen LogP contribution is -2.41. The van der Waals surface area contributed by atoms with Crippen LogP contribution >= 0.6 is 11.6 Å². The maximum atomic E-state index is 12.1. The number of aliphatic hydroxyl groups excluding tert-OH is 1. The zero-order valence-corrected chi connectivity index (χ0v) is 10.0. The molecule has 0 aromatic heterocycles. The first-order valence-corrected chi connectivity index (χ1v) is 5.62. The largest absolute Gasteiger partial charge is 0.508 e. The molecule has 1 aliphatic rings. The molecular formula is C13H11ClO4. The summed E-state index contributed by atoms with van der Waals surface area (Å²) in [4.78, 5) is 12.1. The van der Waals surface area contributed by atoms with Crippen molar-refractivity contribution in [2.24, 2.45) is 5.92 Å². The third kappa shape index (κ3) is 2.46. The Labute approximate surface area is 108 Å². The molecule has 0 amide bonds. The van der Waals surface area contributed by atoms with Crippen LogP contribution in [-0.2, 0) is 0 Å². The van der Waals surface area contributed by atoms with Gasteiger partial charge in [0.1, 0.15) is 5.76 Å². The van der Waals surface area contributed by atoms with Gasteiger partial charge in [-0.05, 0) is 30.3 Å². The zero-order valence-electron chi connectivity index (χ0n) is 9.25. The maximum absolute atomic E-state index is 12.1. The highest BCUT2D eigenvalue weighted by atomic mass is 35.5. The fourth-order valence-electron chi connectivity index (χ4n) is 1.77. The van der Waals surface area contributed by atoms with Crippen LogP contribution in [0.2, 0.25) is 5.02 Å². The third-order valence-electron chi connectivity index (χ3n) is 2.69. The van der Waals surface area contributed by atoms with Crippen LogP contribution in [0.15, 0.2) is 48.3 Å². The molecule has 0 bridgehead atoms. The van der Waals surface area contributed by atoms with Gasteiger partial charge in [0.25, 0.3) is 0 Å². The summed E-state index contributed by atoms with van der Waals surface area (Å²) in [5, 5.41) is 29.1. The van der Waals surface area contributed by atoms with Crippen LogP contribution in [0, 0.1) is 5.92 Å². The van der Waals surface area contributed by atoms with E-state index in [2.05, 4.69) is 0 Å². The van der Waals surface area contributed by atoms with E-state index in [1.54, 1.807) is 12.1 Å². The fourth-order valence-corrected chi connectivity index (χ4v) is 1.89. The van der Waals surface area contributed by atoms with Crippen molar-refractivity contribution in [1.29, 1.82) is 0 Å². The molecule has 5 heteroatoms. The second-order valence-electron chi connectivity index (χ2n) is 4.06. The van der Waals surface area contributed by atoms with Crippen LogP contribution in [0.4, 0.5) is 0 Å². The summed E-state index contributed by atoms with van der Waals surface area (Å²) in [5.74, 6) is -4.30. The van der Waals surface area contributed by atoms with Crippen molar-refractivity contribution in [1.82, 2.24) is 0 Å². The van der Waals surface area contributed by atoms with Gasteiger partial charge in [-0.1, -0.05) is 17.7 Å². The number of hydrogen-bond acceptors (Lipinski definition) is 4. The predicted molar refractivity (Wildman–Crippen MR) is 66.3 cm³/mol. The van der Waals surface area contributed by atoms with Crippen molar-refractivity contribution < 1.29 is 20.1 Å². The standard InChI is InChI=1S/C13H11ClO4/c14-9-3-1-8(2-4-9)12(16)11-6-5-10(15)7-13(11,17)18/h1-7,11,15,17-18H. The van der Waals surface area contributed by atoms with Gasteiger partial charge in [-0.15, -0.1) is 0 Å². The molecule has 3 N–H and O–H groups in total. The monoisotopic (exact) mass is 266 g/mol. The molecule has 94 valence electrons. The number of allylic oxidation sites excluding steroid dienone is 1. The molecule has 2 rings (SSSR count). The minimum Gasteiger partial charge on any atom is -0.508 e. The Hall–Kier alpha value is -1.62. The van der Waals surface area contributed by atoms with Crippen LogP contribution in [0.1, 0.15) is 10.4 Å². The molecule has 4 nitrogen and oxygen atoms in total. The lowest BCUT2D eigenvalue weighted by Gasteiger charge is -2.27. The molecule has 0 spiro atoms. The molecule has 1 aliphatic carbocycles. The fraction of sp³-hybridized carbons (Fsp3) is 0.154. The number of halogens is 1. The van der Waals surface area contributed by atoms with E-state index in [0.29, 0.717) is 10.6 Å². The number of Topliss-reactive ketones (excluding diaryl/α,β-unsaturated/α-hetero) is 1. The molecule has 0 radical (unpaired) electrons. The molecule has 0 heterocycles. The van der Waals surface area contributed by atoms with Gasteiger partial charge in [-0.2, -0.15) is 0 Å². The molecule has 0 saturated heterocycles. The molecule has 1 atom stereocenters. The van der Waals surface area contributed by atoms with Crippen LogP contribution in [0.5, 0.6) is 0 Å². The minimum absolute atomic E-state index is 0.292. The van der Waals surface area contributed by atoms with Gasteiger partial charge >= 0.3 is 0 Å². The zero-order chi connectivity index (χ0) is 13.3. The van der Waals surface area contributed by atoms with Gasteiger partial charge in [0.2, 0.25) is 5.79 Å². The first-order chi connectivity index (χ1) is 8.40. The molecule has 1 aromatic carbocycles. The van der Waals surface area contributed by atoms with Crippen molar-refractivity contribution >= 4 is 17.4 Å². The van der Waals surface area contributed by atoms with Crippen molar-refractivity contribution in [2.45, 2.75) is 5.79 Å². The smallest absolute Gasteiger partial charge is 0.200 e. The van der Waals surface area contributed by atoms with E-state index in [9.17, 15) is 20.1 Å². The minimum atomic E-state index is -2.39. The van der Waals surface area contributed by atoms with E-state index in [0.717, 1.165) is 6.08 Å². The van der Waals surface area contributed by atoms with E-state index in [1.165, 1.54) is 24.3 Å². The van der Waals surface area contributed by atoms with Crippen molar-refractivity contribution in [3.63, 3.8) is 0 Å². The van der Waals surface area contributed by atoms with Crippen LogP contribution in [0.25, 0.3) is 0 Å². The quantitative estimate of drug-likeness (QED) is 0.564. The van der Waals surface area contributed by atoms with Crippen LogP contribution in [0.3, 0.4) is 0 Å². The van der Waals surface area contributed by atoms with Gasteiger partial charge in [0.05, 0.1) is 5.92 Å². The average molecular weight is 267 g/mol. The molecule has 1 unspecified atom stereocenters. The van der Waals surface area contributed by atoms with E-state index in [1.807, 2.05) is 0 Å². The van der Waals surface area contributed by atoms with Crippen LogP contribution in [-0.4, -0.2) is 26.9 Å². The second-order valence-corrected chi connectivity index (χ2v) is 4.50. The number of aliphatic hydroxyl groups is 3. The Morgan fingerprint density at radius 1 is 1.22 bits per heavy atom. The number of carbonyl (C=O) groups is 1. The third-order valence-corrected chi connectivity index (χ3v) is 2.94. The predicted octanol–water partition coefficient (Wildman–Crippen LogP) is 1.83. The lowest BCUT2D eigenvalue weighted by molar-refractivity contribution is -0.138. The van der Waals surface area contributed by atoms with Crippen molar-refractivity contribution in [2.75, 3.05) is 0 Å². The summed E-state index contributed by atoms with van der Waals surface area (Å²) in [5.41, 5.74) is 0.316. The SMILES string of the molecule is O=C(c1ccc(Cl)cc1)C1C=CC(O)=CC1(O)O. The van der Waals surface area contributed by atoms with Gasteiger partial charge < -0.3 is 15.3 Å². The molecule has 18 heavy (non-hydrogen) atoms. The van der Waals surface area contributed by atoms with Crippen molar-refractivity contribution in [3.8, 4) is 0 Å².